The molecule has 4 rings (SSSR count). The Balaban J connectivity index is 1.31. The van der Waals surface area contributed by atoms with E-state index in [1.54, 1.807) is 24.3 Å². The van der Waals surface area contributed by atoms with Crippen molar-refractivity contribution < 1.29 is 28.7 Å². The normalized spacial score (nSPS) is 27.7. The van der Waals surface area contributed by atoms with Crippen molar-refractivity contribution in [2.45, 2.75) is 39.2 Å². The molecule has 1 aromatic carbocycles. The summed E-state index contributed by atoms with van der Waals surface area (Å²) in [6, 6.07) is 5.26. The molecule has 3 aliphatic rings. The number of esters is 1. The van der Waals surface area contributed by atoms with Crippen molar-refractivity contribution in [3.8, 4) is 0 Å². The number of nitrogens with zero attached hydrogens (tertiary/aromatic N) is 1. The van der Waals surface area contributed by atoms with Crippen molar-refractivity contribution in [3.05, 3.63) is 29.8 Å². The maximum Gasteiger partial charge on any atom is 0.329 e. The molecule has 1 aromatic rings. The molecule has 3 fully saturated rings. The largest absolute Gasteiger partial charge is 0.454 e. The van der Waals surface area contributed by atoms with Gasteiger partial charge in [0, 0.05) is 11.3 Å². The highest BCUT2D eigenvalue weighted by Gasteiger charge is 2.62. The molecule has 3 amide bonds. The highest BCUT2D eigenvalue weighted by Crippen LogP contribution is 2.56. The second-order valence-corrected chi connectivity index (χ2v) is 8.40. The molecule has 0 aromatic heterocycles. The number of hydrogen-bond donors (Lipinski definition) is 1. The summed E-state index contributed by atoms with van der Waals surface area (Å²) < 4.78 is 5.05. The van der Waals surface area contributed by atoms with Gasteiger partial charge in [-0.05, 0) is 69.2 Å². The second-order valence-electron chi connectivity index (χ2n) is 8.40. The number of anilines is 1. The van der Waals surface area contributed by atoms with E-state index in [1.165, 1.54) is 13.8 Å². The van der Waals surface area contributed by atoms with Crippen LogP contribution in [0.2, 0.25) is 0 Å². The van der Waals surface area contributed by atoms with Crippen LogP contribution < -0.4 is 5.32 Å². The summed E-state index contributed by atoms with van der Waals surface area (Å²) in [6.45, 7) is 2.37. The molecule has 1 aliphatic heterocycles. The van der Waals surface area contributed by atoms with E-state index in [1.807, 2.05) is 0 Å². The summed E-state index contributed by atoms with van der Waals surface area (Å²) in [5, 5.41) is 2.57. The van der Waals surface area contributed by atoms with Crippen LogP contribution in [-0.4, -0.2) is 47.0 Å². The lowest BCUT2D eigenvalue weighted by Gasteiger charge is -2.23. The molecular weight excluding hydrogens is 388 g/mol. The lowest BCUT2D eigenvalue weighted by molar-refractivity contribution is -0.159. The van der Waals surface area contributed by atoms with Gasteiger partial charge in [-0.3, -0.25) is 24.1 Å². The van der Waals surface area contributed by atoms with Crippen LogP contribution in [-0.2, 0) is 23.9 Å². The van der Waals surface area contributed by atoms with Crippen LogP contribution in [0.25, 0.3) is 0 Å². The van der Waals surface area contributed by atoms with Gasteiger partial charge in [0.2, 0.25) is 11.8 Å². The summed E-state index contributed by atoms with van der Waals surface area (Å²) >= 11 is 0. The number of benzene rings is 1. The molecule has 2 bridgehead atoms. The summed E-state index contributed by atoms with van der Waals surface area (Å²) in [5.74, 6) is -2.10. The number of Topliss-reactive ketones (excluding diaryl/α,β-unsaturated/α-hetero) is 1. The van der Waals surface area contributed by atoms with Crippen molar-refractivity contribution >= 4 is 35.2 Å². The standard InChI is InChI=1S/C22H24N2O6/c1-11(24-20(27)18-14-3-4-15(9-14)19(18)21(24)28)22(29)30-10-17(26)23-16-7-5-13(6-8-16)12(2)25/h5-8,11,14-15,18-19H,3-4,9-10H2,1-2H3,(H,23,26)/t11-,14-,15-,18-,19-/m0/s1. The summed E-state index contributed by atoms with van der Waals surface area (Å²) in [6.07, 6.45) is 2.85. The topological polar surface area (TPSA) is 110 Å². The van der Waals surface area contributed by atoms with Crippen LogP contribution in [0.1, 0.15) is 43.5 Å². The Morgan fingerprint density at radius 2 is 1.63 bits per heavy atom. The van der Waals surface area contributed by atoms with Crippen LogP contribution >= 0.6 is 0 Å². The lowest BCUT2D eigenvalue weighted by Crippen LogP contribution is -2.45. The molecule has 8 heteroatoms. The quantitative estimate of drug-likeness (QED) is 0.433. The Hall–Kier alpha value is -3.03. The predicted octanol–water partition coefficient (Wildman–Crippen LogP) is 1.79. The third-order valence-electron chi connectivity index (χ3n) is 6.61. The van der Waals surface area contributed by atoms with E-state index in [0.717, 1.165) is 24.2 Å². The molecule has 2 saturated carbocycles. The predicted molar refractivity (Wildman–Crippen MR) is 105 cm³/mol. The monoisotopic (exact) mass is 412 g/mol. The number of carbonyl (C=O) groups is 5. The number of likely N-dealkylation sites (tertiary alicyclic amines) is 1. The van der Waals surface area contributed by atoms with E-state index in [2.05, 4.69) is 5.32 Å². The van der Waals surface area contributed by atoms with Gasteiger partial charge in [-0.15, -0.1) is 0 Å². The number of nitrogens with one attached hydrogen (secondary N) is 1. The number of rotatable bonds is 6. The van der Waals surface area contributed by atoms with Crippen molar-refractivity contribution in [1.82, 2.24) is 4.90 Å². The molecule has 8 nitrogen and oxygen atoms in total. The van der Waals surface area contributed by atoms with Crippen LogP contribution in [0.4, 0.5) is 5.69 Å². The Morgan fingerprint density at radius 3 is 2.17 bits per heavy atom. The third-order valence-corrected chi connectivity index (χ3v) is 6.61. The van der Waals surface area contributed by atoms with E-state index < -0.39 is 24.5 Å². The van der Waals surface area contributed by atoms with Gasteiger partial charge in [-0.1, -0.05) is 0 Å². The zero-order valence-corrected chi connectivity index (χ0v) is 16.9. The average molecular weight is 412 g/mol. The summed E-state index contributed by atoms with van der Waals surface area (Å²) in [5.41, 5.74) is 0.980. The molecule has 0 radical (unpaired) electrons. The number of carbonyl (C=O) groups excluding carboxylic acids is 5. The molecule has 1 heterocycles. The first-order valence-corrected chi connectivity index (χ1v) is 10.2. The van der Waals surface area contributed by atoms with Gasteiger partial charge < -0.3 is 10.1 Å². The fraction of sp³-hybridized carbons (Fsp3) is 0.500. The van der Waals surface area contributed by atoms with E-state index >= 15 is 0 Å². The zero-order valence-electron chi connectivity index (χ0n) is 16.9. The van der Waals surface area contributed by atoms with E-state index in [-0.39, 0.29) is 41.3 Å². The van der Waals surface area contributed by atoms with Gasteiger partial charge in [-0.2, -0.15) is 0 Å². The molecular formula is C22H24N2O6. The highest BCUT2D eigenvalue weighted by atomic mass is 16.5. The van der Waals surface area contributed by atoms with Gasteiger partial charge in [0.15, 0.2) is 12.4 Å². The smallest absolute Gasteiger partial charge is 0.329 e. The fourth-order valence-electron chi connectivity index (χ4n) is 5.16. The number of ketones is 1. The van der Waals surface area contributed by atoms with Crippen molar-refractivity contribution in [3.63, 3.8) is 0 Å². The molecule has 1 N–H and O–H groups in total. The van der Waals surface area contributed by atoms with E-state index in [9.17, 15) is 24.0 Å². The van der Waals surface area contributed by atoms with Gasteiger partial charge in [0.05, 0.1) is 11.8 Å². The van der Waals surface area contributed by atoms with E-state index in [0.29, 0.717) is 11.3 Å². The van der Waals surface area contributed by atoms with Crippen molar-refractivity contribution in [2.24, 2.45) is 23.7 Å². The van der Waals surface area contributed by atoms with Gasteiger partial charge in [0.25, 0.3) is 5.91 Å². The van der Waals surface area contributed by atoms with Crippen LogP contribution in [0.3, 0.4) is 0 Å². The fourth-order valence-corrected chi connectivity index (χ4v) is 5.16. The number of fused-ring (bicyclic) bond motifs is 5. The SMILES string of the molecule is CC(=O)c1ccc(NC(=O)COC(=O)[C@H](C)N2C(=O)[C@H]3[C@H]4CC[C@@H](C4)[C@@H]3C2=O)cc1. The first-order chi connectivity index (χ1) is 14.3. The van der Waals surface area contributed by atoms with Gasteiger partial charge >= 0.3 is 5.97 Å². The number of imide groups is 1. The Labute approximate surface area is 173 Å². The van der Waals surface area contributed by atoms with Crippen LogP contribution in [0, 0.1) is 23.7 Å². The number of ether oxygens (including phenoxy) is 1. The minimum atomic E-state index is -1.06. The summed E-state index contributed by atoms with van der Waals surface area (Å²) in [4.78, 5) is 62.4. The van der Waals surface area contributed by atoms with Crippen LogP contribution in [0.15, 0.2) is 24.3 Å². The zero-order chi connectivity index (χ0) is 21.6. The molecule has 0 unspecified atom stereocenters. The maximum absolute atomic E-state index is 12.8. The minimum Gasteiger partial charge on any atom is -0.454 e. The molecule has 5 atom stereocenters. The van der Waals surface area contributed by atoms with Gasteiger partial charge in [0.1, 0.15) is 6.04 Å². The maximum atomic E-state index is 12.8. The molecule has 0 spiro atoms. The first kappa shape index (κ1) is 20.3. The Morgan fingerprint density at radius 1 is 1.07 bits per heavy atom. The molecule has 158 valence electrons. The van der Waals surface area contributed by atoms with Crippen LogP contribution in [0.5, 0.6) is 0 Å². The average Bonchev–Trinajstić information content (AvgIpc) is 3.40. The number of hydrogen-bond acceptors (Lipinski definition) is 6. The number of amides is 3. The second kappa shape index (κ2) is 7.66. The lowest BCUT2D eigenvalue weighted by atomic mass is 9.81. The Kier molecular flexibility index (Phi) is 5.17. The van der Waals surface area contributed by atoms with Crippen molar-refractivity contribution in [1.29, 1.82) is 0 Å². The minimum absolute atomic E-state index is 0.0843. The third kappa shape index (κ3) is 3.40. The van der Waals surface area contributed by atoms with E-state index in [4.69, 9.17) is 4.74 Å². The highest BCUT2D eigenvalue weighted by molar-refractivity contribution is 6.08. The molecule has 1 saturated heterocycles. The molecule has 30 heavy (non-hydrogen) atoms. The van der Waals surface area contributed by atoms with Crippen molar-refractivity contribution in [2.75, 3.05) is 11.9 Å². The first-order valence-electron chi connectivity index (χ1n) is 10.2. The molecule has 2 aliphatic carbocycles. The van der Waals surface area contributed by atoms with Gasteiger partial charge in [-0.25, -0.2) is 4.79 Å². The Bertz CT molecular complexity index is 896. The summed E-state index contributed by atoms with van der Waals surface area (Å²) in [7, 11) is 0.